The highest BCUT2D eigenvalue weighted by molar-refractivity contribution is 5.93. The van der Waals surface area contributed by atoms with Crippen LogP contribution < -0.4 is 21.9 Å². The second-order valence-corrected chi connectivity index (χ2v) is 7.13. The highest BCUT2D eigenvalue weighted by atomic mass is 16.2. The number of nitrogens with one attached hydrogen (secondary N) is 2. The topological polar surface area (TPSA) is 102 Å². The van der Waals surface area contributed by atoms with Gasteiger partial charge < -0.3 is 10.6 Å². The van der Waals surface area contributed by atoms with Crippen LogP contribution in [0.5, 0.6) is 0 Å². The number of rotatable bonds is 6. The molecular weight excluding hydrogens is 384 g/mol. The van der Waals surface area contributed by atoms with Gasteiger partial charge in [-0.2, -0.15) is 0 Å². The fourth-order valence-electron chi connectivity index (χ4n) is 3.29. The van der Waals surface area contributed by atoms with Gasteiger partial charge in [0.2, 0.25) is 11.8 Å². The Bertz CT molecular complexity index is 1230. The third kappa shape index (κ3) is 4.32. The van der Waals surface area contributed by atoms with Crippen LogP contribution in [0.2, 0.25) is 0 Å². The van der Waals surface area contributed by atoms with Crippen molar-refractivity contribution in [3.05, 3.63) is 69.4 Å². The summed E-state index contributed by atoms with van der Waals surface area (Å²) in [5.41, 5.74) is 0.570. The fraction of sp³-hybridized carbons (Fsp3) is 0.273. The first-order valence-corrected chi connectivity index (χ1v) is 9.73. The summed E-state index contributed by atoms with van der Waals surface area (Å²) in [4.78, 5) is 49.8. The van der Waals surface area contributed by atoms with Crippen LogP contribution in [0, 0.1) is 0 Å². The van der Waals surface area contributed by atoms with Crippen molar-refractivity contribution in [2.75, 3.05) is 10.6 Å². The van der Waals surface area contributed by atoms with E-state index in [2.05, 4.69) is 10.6 Å². The first-order chi connectivity index (χ1) is 14.3. The highest BCUT2D eigenvalue weighted by Crippen LogP contribution is 2.16. The average molecular weight is 408 g/mol. The molecule has 8 heteroatoms. The molecule has 0 aliphatic rings. The predicted octanol–water partition coefficient (Wildman–Crippen LogP) is 2.73. The van der Waals surface area contributed by atoms with Crippen LogP contribution in [0.1, 0.15) is 33.2 Å². The number of hydrogen-bond acceptors (Lipinski definition) is 4. The van der Waals surface area contributed by atoms with Crippen LogP contribution in [0.15, 0.2) is 58.1 Å². The number of anilines is 2. The molecule has 1 atom stereocenters. The molecular formula is C22H24N4O4. The number of carbonyl (C=O) groups is 2. The molecule has 0 unspecified atom stereocenters. The van der Waals surface area contributed by atoms with E-state index in [1.165, 1.54) is 16.1 Å². The van der Waals surface area contributed by atoms with Gasteiger partial charge in [0.05, 0.1) is 10.9 Å². The summed E-state index contributed by atoms with van der Waals surface area (Å²) in [5.74, 6) is -0.639. The number of hydrogen-bond donors (Lipinski definition) is 2. The summed E-state index contributed by atoms with van der Waals surface area (Å²) in [5, 5.41) is 5.77. The molecule has 1 heterocycles. The maximum Gasteiger partial charge on any atom is 0.332 e. The van der Waals surface area contributed by atoms with Gasteiger partial charge in [0.1, 0.15) is 6.54 Å². The second-order valence-electron chi connectivity index (χ2n) is 7.13. The van der Waals surface area contributed by atoms with Gasteiger partial charge in [0, 0.05) is 24.3 Å². The molecule has 1 aromatic heterocycles. The standard InChI is InChI=1S/C22H24N4O4/c1-4-14(2)26-21(29)18-10-5-6-11-19(18)25(22(26)30)13-20(28)24-17-9-7-8-16(12-17)23-15(3)27/h5-12,14H,4,13H2,1-3H3,(H,23,27)(H,24,28)/t14-/m1/s1. The third-order valence-corrected chi connectivity index (χ3v) is 4.88. The molecule has 0 bridgehead atoms. The van der Waals surface area contributed by atoms with E-state index in [4.69, 9.17) is 0 Å². The van der Waals surface area contributed by atoms with Crippen molar-refractivity contribution in [2.45, 2.75) is 39.8 Å². The third-order valence-electron chi connectivity index (χ3n) is 4.88. The van der Waals surface area contributed by atoms with Crippen molar-refractivity contribution >= 4 is 34.1 Å². The van der Waals surface area contributed by atoms with Crippen LogP contribution in [-0.4, -0.2) is 20.9 Å². The molecule has 0 aliphatic carbocycles. The van der Waals surface area contributed by atoms with Gasteiger partial charge in [-0.3, -0.25) is 23.5 Å². The Morgan fingerprint density at radius 2 is 1.67 bits per heavy atom. The van der Waals surface area contributed by atoms with Crippen molar-refractivity contribution in [2.24, 2.45) is 0 Å². The van der Waals surface area contributed by atoms with Gasteiger partial charge in [0.15, 0.2) is 0 Å². The normalized spacial score (nSPS) is 11.8. The number of carbonyl (C=O) groups excluding carboxylic acids is 2. The number of aromatic nitrogens is 2. The lowest BCUT2D eigenvalue weighted by Crippen LogP contribution is -2.43. The van der Waals surface area contributed by atoms with Crippen molar-refractivity contribution in [3.8, 4) is 0 Å². The van der Waals surface area contributed by atoms with E-state index in [1.54, 1.807) is 55.5 Å². The molecule has 2 amide bonds. The van der Waals surface area contributed by atoms with Gasteiger partial charge in [-0.05, 0) is 43.7 Å². The smallest absolute Gasteiger partial charge is 0.326 e. The van der Waals surface area contributed by atoms with E-state index in [9.17, 15) is 19.2 Å². The van der Waals surface area contributed by atoms with Gasteiger partial charge in [-0.15, -0.1) is 0 Å². The van der Waals surface area contributed by atoms with Crippen LogP contribution in [0.3, 0.4) is 0 Å². The van der Waals surface area contributed by atoms with Crippen LogP contribution >= 0.6 is 0 Å². The van der Waals surface area contributed by atoms with Crippen molar-refractivity contribution in [1.29, 1.82) is 0 Å². The summed E-state index contributed by atoms with van der Waals surface area (Å²) in [6.45, 7) is 4.84. The van der Waals surface area contributed by atoms with E-state index in [-0.39, 0.29) is 24.1 Å². The summed E-state index contributed by atoms with van der Waals surface area (Å²) in [6, 6.07) is 13.2. The Labute approximate surface area is 173 Å². The minimum Gasteiger partial charge on any atom is -0.326 e. The molecule has 30 heavy (non-hydrogen) atoms. The van der Waals surface area contributed by atoms with Gasteiger partial charge >= 0.3 is 5.69 Å². The maximum atomic E-state index is 13.1. The number of fused-ring (bicyclic) bond motifs is 1. The lowest BCUT2D eigenvalue weighted by Gasteiger charge is -2.17. The summed E-state index contributed by atoms with van der Waals surface area (Å²) in [6.07, 6.45) is 0.607. The zero-order valence-corrected chi connectivity index (χ0v) is 17.1. The molecule has 3 rings (SSSR count). The Balaban J connectivity index is 1.97. The van der Waals surface area contributed by atoms with E-state index >= 15 is 0 Å². The van der Waals surface area contributed by atoms with E-state index < -0.39 is 11.6 Å². The van der Waals surface area contributed by atoms with Gasteiger partial charge in [-0.1, -0.05) is 25.1 Å². The molecule has 0 saturated heterocycles. The molecule has 0 spiro atoms. The summed E-state index contributed by atoms with van der Waals surface area (Å²) >= 11 is 0. The number of para-hydroxylation sites is 1. The first kappa shape index (κ1) is 21.0. The molecule has 0 fully saturated rings. The molecule has 3 aromatic rings. The number of benzene rings is 2. The van der Waals surface area contributed by atoms with Crippen LogP contribution in [-0.2, 0) is 16.1 Å². The quantitative estimate of drug-likeness (QED) is 0.655. The predicted molar refractivity (Wildman–Crippen MR) is 117 cm³/mol. The Morgan fingerprint density at radius 1 is 1.00 bits per heavy atom. The average Bonchev–Trinajstić information content (AvgIpc) is 2.70. The van der Waals surface area contributed by atoms with Crippen molar-refractivity contribution in [3.63, 3.8) is 0 Å². The lowest BCUT2D eigenvalue weighted by molar-refractivity contribution is -0.117. The molecule has 2 N–H and O–H groups in total. The Morgan fingerprint density at radius 3 is 2.33 bits per heavy atom. The zero-order valence-electron chi connectivity index (χ0n) is 17.1. The number of amides is 2. The van der Waals surface area contributed by atoms with E-state index in [0.29, 0.717) is 28.7 Å². The summed E-state index contributed by atoms with van der Waals surface area (Å²) < 4.78 is 2.52. The molecule has 156 valence electrons. The molecule has 0 saturated carbocycles. The molecule has 8 nitrogen and oxygen atoms in total. The monoisotopic (exact) mass is 408 g/mol. The molecule has 2 aromatic carbocycles. The fourth-order valence-corrected chi connectivity index (χ4v) is 3.29. The minimum atomic E-state index is -0.518. The highest BCUT2D eigenvalue weighted by Gasteiger charge is 2.18. The lowest BCUT2D eigenvalue weighted by atomic mass is 10.2. The molecule has 0 radical (unpaired) electrons. The van der Waals surface area contributed by atoms with Crippen LogP contribution in [0.4, 0.5) is 11.4 Å². The molecule has 0 aliphatic heterocycles. The Hall–Kier alpha value is -3.68. The Kier molecular flexibility index (Phi) is 6.15. The van der Waals surface area contributed by atoms with Crippen molar-refractivity contribution < 1.29 is 9.59 Å². The number of nitrogens with zero attached hydrogens (tertiary/aromatic N) is 2. The minimum absolute atomic E-state index is 0.219. The largest absolute Gasteiger partial charge is 0.332 e. The second kappa shape index (κ2) is 8.77. The van der Waals surface area contributed by atoms with E-state index in [1.807, 2.05) is 6.92 Å². The summed E-state index contributed by atoms with van der Waals surface area (Å²) in [7, 11) is 0. The zero-order chi connectivity index (χ0) is 21.8. The van der Waals surface area contributed by atoms with E-state index in [0.717, 1.165) is 0 Å². The SMILES string of the molecule is CC[C@@H](C)n1c(=O)c2ccccc2n(CC(=O)Nc2cccc(NC(C)=O)c2)c1=O. The van der Waals surface area contributed by atoms with Crippen molar-refractivity contribution in [1.82, 2.24) is 9.13 Å². The first-order valence-electron chi connectivity index (χ1n) is 9.73. The maximum absolute atomic E-state index is 13.1. The van der Waals surface area contributed by atoms with Gasteiger partial charge in [0.25, 0.3) is 5.56 Å². The van der Waals surface area contributed by atoms with Crippen LogP contribution in [0.25, 0.3) is 10.9 Å². The van der Waals surface area contributed by atoms with Gasteiger partial charge in [-0.25, -0.2) is 4.79 Å².